The molecule has 0 aliphatic rings. The van der Waals surface area contributed by atoms with Crippen molar-refractivity contribution in [1.29, 1.82) is 0 Å². The fourth-order valence-corrected chi connectivity index (χ4v) is 4.19. The van der Waals surface area contributed by atoms with Gasteiger partial charge in [0, 0.05) is 40.7 Å². The molecule has 4 rings (SSSR count). The molecule has 0 bridgehead atoms. The van der Waals surface area contributed by atoms with Crippen molar-refractivity contribution in [2.75, 3.05) is 13.1 Å². The van der Waals surface area contributed by atoms with Crippen LogP contribution in [0.25, 0.3) is 10.9 Å². The van der Waals surface area contributed by atoms with Gasteiger partial charge in [0.1, 0.15) is 5.75 Å². The van der Waals surface area contributed by atoms with Crippen molar-refractivity contribution in [2.45, 2.75) is 26.8 Å². The van der Waals surface area contributed by atoms with Gasteiger partial charge in [0.2, 0.25) is 0 Å². The number of hydrogen-bond acceptors (Lipinski definition) is 4. The molecule has 0 atom stereocenters. The Morgan fingerprint density at radius 2 is 1.67 bits per heavy atom. The number of phenolic OH excluding ortho intramolecular Hbond substituents is 1. The molecule has 0 radical (unpaired) electrons. The second-order valence-corrected chi connectivity index (χ2v) is 8.49. The van der Waals surface area contributed by atoms with E-state index < -0.39 is 0 Å². The third kappa shape index (κ3) is 5.21. The number of hydrogen-bond donors (Lipinski definition) is 2. The van der Waals surface area contributed by atoms with Crippen molar-refractivity contribution in [3.63, 3.8) is 0 Å². The van der Waals surface area contributed by atoms with Gasteiger partial charge in [-0.2, -0.15) is 4.73 Å². The number of aromatic nitrogens is 1. The van der Waals surface area contributed by atoms with E-state index in [0.717, 1.165) is 50.9 Å². The van der Waals surface area contributed by atoms with Crippen molar-refractivity contribution in [1.82, 2.24) is 9.63 Å². The predicted molar refractivity (Wildman–Crippen MR) is 133 cm³/mol. The van der Waals surface area contributed by atoms with Crippen molar-refractivity contribution in [3.8, 4) is 5.75 Å². The summed E-state index contributed by atoms with van der Waals surface area (Å²) in [6.07, 6.45) is 2.17. The molecule has 5 nitrogen and oxygen atoms in total. The molecule has 4 aromatic rings. The smallest absolute Gasteiger partial charge is 0.123 e. The number of rotatable bonds is 7. The zero-order valence-electron chi connectivity index (χ0n) is 18.9. The summed E-state index contributed by atoms with van der Waals surface area (Å²) >= 11 is 6.13. The van der Waals surface area contributed by atoms with E-state index in [1.807, 2.05) is 36.4 Å². The fraction of sp³-hybridized carbons (Fsp3) is 0.222. The zero-order valence-corrected chi connectivity index (χ0v) is 19.6. The summed E-state index contributed by atoms with van der Waals surface area (Å²) < 4.78 is 1.05. The van der Waals surface area contributed by atoms with E-state index in [1.54, 1.807) is 24.4 Å². The lowest BCUT2D eigenvalue weighted by atomic mass is 10.00. The summed E-state index contributed by atoms with van der Waals surface area (Å²) in [5, 5.41) is 23.4. The van der Waals surface area contributed by atoms with Crippen LogP contribution in [0.1, 0.15) is 30.5 Å². The molecule has 1 aromatic heterocycles. The molecule has 170 valence electrons. The third-order valence-corrected chi connectivity index (χ3v) is 6.12. The molecule has 0 fully saturated rings. The summed E-state index contributed by atoms with van der Waals surface area (Å²) in [7, 11) is 0. The van der Waals surface area contributed by atoms with Crippen LogP contribution in [-0.4, -0.2) is 33.0 Å². The minimum atomic E-state index is 0.322. The maximum Gasteiger partial charge on any atom is 0.123 e. The normalized spacial score (nSPS) is 12.1. The van der Waals surface area contributed by atoms with Crippen LogP contribution in [-0.2, 0) is 13.0 Å². The van der Waals surface area contributed by atoms with Crippen LogP contribution in [0.4, 0.5) is 5.69 Å². The van der Waals surface area contributed by atoms with Crippen LogP contribution in [0, 0.1) is 0 Å². The Morgan fingerprint density at radius 1 is 0.939 bits per heavy atom. The number of pyridine rings is 1. The molecule has 0 unspecified atom stereocenters. The quantitative estimate of drug-likeness (QED) is 0.337. The van der Waals surface area contributed by atoms with E-state index in [1.165, 1.54) is 0 Å². The number of fused-ring (bicyclic) bond motifs is 1. The van der Waals surface area contributed by atoms with E-state index in [-0.39, 0.29) is 0 Å². The largest absolute Gasteiger partial charge is 0.507 e. The van der Waals surface area contributed by atoms with Gasteiger partial charge in [-0.3, -0.25) is 4.90 Å². The van der Waals surface area contributed by atoms with Crippen molar-refractivity contribution < 1.29 is 10.3 Å². The van der Waals surface area contributed by atoms with Gasteiger partial charge in [-0.05, 0) is 55.1 Å². The Balaban J connectivity index is 1.86. The molecule has 0 saturated carbocycles. The fourth-order valence-electron chi connectivity index (χ4n) is 4.02. The van der Waals surface area contributed by atoms with Gasteiger partial charge in [-0.25, -0.2) is 4.99 Å². The summed E-state index contributed by atoms with van der Waals surface area (Å²) in [5.41, 5.74) is 4.15. The van der Waals surface area contributed by atoms with Gasteiger partial charge in [-0.1, -0.05) is 55.8 Å². The second-order valence-electron chi connectivity index (χ2n) is 8.06. The zero-order chi connectivity index (χ0) is 23.4. The molecule has 0 aliphatic carbocycles. The van der Waals surface area contributed by atoms with Gasteiger partial charge in [0.05, 0.1) is 16.6 Å². The Bertz CT molecular complexity index is 1330. The Hall–Kier alpha value is -3.28. The summed E-state index contributed by atoms with van der Waals surface area (Å²) in [5.74, 6) is 0.322. The summed E-state index contributed by atoms with van der Waals surface area (Å²) in [4.78, 5) is 7.17. The van der Waals surface area contributed by atoms with Gasteiger partial charge < -0.3 is 10.3 Å². The molecule has 3 aromatic carbocycles. The summed E-state index contributed by atoms with van der Waals surface area (Å²) in [6, 6.07) is 21.1. The van der Waals surface area contributed by atoms with Gasteiger partial charge in [-0.15, -0.1) is 0 Å². The van der Waals surface area contributed by atoms with E-state index in [2.05, 4.69) is 30.9 Å². The average molecular weight is 462 g/mol. The highest BCUT2D eigenvalue weighted by atomic mass is 35.5. The molecule has 0 spiro atoms. The lowest BCUT2D eigenvalue weighted by Crippen LogP contribution is -2.22. The molecular formula is C27H28ClN3O2. The third-order valence-electron chi connectivity index (χ3n) is 5.88. The first kappa shape index (κ1) is 22.9. The van der Waals surface area contributed by atoms with Crippen LogP contribution in [0.15, 0.2) is 77.9 Å². The molecule has 0 amide bonds. The molecule has 0 saturated heterocycles. The standard InChI is InChI=1S/C27H28ClN3O2/c1-3-30(4-2)18-21-16-23(15-20(27(21)32)14-19-8-6-5-7-9-19)29-25-12-13-31(33)26-17-22(28)10-11-24(25)26/h5-13,15-17,32-33H,3-4,14,18H2,1-2H3. The van der Waals surface area contributed by atoms with E-state index in [0.29, 0.717) is 29.3 Å². The number of aromatic hydroxyl groups is 1. The SMILES string of the molecule is CCN(CC)Cc1cc(N=c2ccn(O)c3cc(Cl)ccc23)cc(Cc2ccccc2)c1O. The highest BCUT2D eigenvalue weighted by Gasteiger charge is 2.13. The first-order valence-corrected chi connectivity index (χ1v) is 11.5. The number of halogens is 1. The van der Waals surface area contributed by atoms with Crippen LogP contribution >= 0.6 is 11.6 Å². The number of phenols is 1. The molecule has 6 heteroatoms. The highest BCUT2D eigenvalue weighted by Crippen LogP contribution is 2.31. The van der Waals surface area contributed by atoms with Crippen molar-refractivity contribution >= 4 is 28.2 Å². The molecule has 33 heavy (non-hydrogen) atoms. The number of benzene rings is 3. The molecular weight excluding hydrogens is 434 g/mol. The summed E-state index contributed by atoms with van der Waals surface area (Å²) in [6.45, 7) is 6.67. The van der Waals surface area contributed by atoms with Crippen LogP contribution in [0.2, 0.25) is 5.02 Å². The van der Waals surface area contributed by atoms with E-state index in [9.17, 15) is 10.3 Å². The Labute approximate surface area is 198 Å². The lowest BCUT2D eigenvalue weighted by molar-refractivity contribution is 0.198. The van der Waals surface area contributed by atoms with Gasteiger partial charge >= 0.3 is 0 Å². The van der Waals surface area contributed by atoms with Gasteiger partial charge in [0.15, 0.2) is 0 Å². The van der Waals surface area contributed by atoms with E-state index >= 15 is 0 Å². The average Bonchev–Trinajstić information content (AvgIpc) is 2.82. The van der Waals surface area contributed by atoms with E-state index in [4.69, 9.17) is 16.6 Å². The molecule has 1 heterocycles. The van der Waals surface area contributed by atoms with Crippen LogP contribution < -0.4 is 5.36 Å². The van der Waals surface area contributed by atoms with Crippen LogP contribution in [0.5, 0.6) is 5.75 Å². The van der Waals surface area contributed by atoms with Crippen LogP contribution in [0.3, 0.4) is 0 Å². The minimum Gasteiger partial charge on any atom is -0.507 e. The first-order valence-electron chi connectivity index (χ1n) is 11.1. The first-order chi connectivity index (χ1) is 16.0. The minimum absolute atomic E-state index is 0.322. The Kier molecular flexibility index (Phi) is 7.02. The molecule has 0 aliphatic heterocycles. The lowest BCUT2D eigenvalue weighted by Gasteiger charge is -2.20. The second kappa shape index (κ2) is 10.1. The van der Waals surface area contributed by atoms with Crippen molar-refractivity contribution in [2.24, 2.45) is 4.99 Å². The predicted octanol–water partition coefficient (Wildman–Crippen LogP) is 5.90. The Morgan fingerprint density at radius 3 is 2.39 bits per heavy atom. The number of nitrogens with zero attached hydrogens (tertiary/aromatic N) is 3. The maximum absolute atomic E-state index is 11.1. The van der Waals surface area contributed by atoms with Gasteiger partial charge in [0.25, 0.3) is 0 Å². The highest BCUT2D eigenvalue weighted by molar-refractivity contribution is 6.31. The molecule has 2 N–H and O–H groups in total. The topological polar surface area (TPSA) is 61.0 Å². The maximum atomic E-state index is 11.1. The monoisotopic (exact) mass is 461 g/mol. The van der Waals surface area contributed by atoms with Crippen molar-refractivity contribution in [3.05, 3.63) is 100.0 Å².